The van der Waals surface area contributed by atoms with Crippen LogP contribution in [-0.4, -0.2) is 52.0 Å². The van der Waals surface area contributed by atoms with Gasteiger partial charge in [-0.15, -0.1) is 24.0 Å². The number of rotatable bonds is 8. The largest absolute Gasteiger partial charge is 0.469 e. The first-order chi connectivity index (χ1) is 10.8. The minimum atomic E-state index is 0. The van der Waals surface area contributed by atoms with Crippen LogP contribution in [0, 0.1) is 5.92 Å². The van der Waals surface area contributed by atoms with Gasteiger partial charge in [0.1, 0.15) is 5.76 Å². The molecule has 0 aliphatic carbocycles. The second-order valence-corrected chi connectivity index (χ2v) is 5.68. The zero-order valence-electron chi connectivity index (χ0n) is 13.9. The molecule has 7 heteroatoms. The van der Waals surface area contributed by atoms with E-state index in [-0.39, 0.29) is 30.0 Å². The Hall–Kier alpha value is -0.800. The molecular weight excluding hydrogens is 409 g/mol. The summed E-state index contributed by atoms with van der Waals surface area (Å²) in [7, 11) is 1.70. The van der Waals surface area contributed by atoms with E-state index in [2.05, 4.69) is 22.5 Å². The monoisotopic (exact) mass is 437 g/mol. The number of hydrogen-bond acceptors (Lipinski definition) is 4. The lowest BCUT2D eigenvalue weighted by Crippen LogP contribution is -2.44. The van der Waals surface area contributed by atoms with Gasteiger partial charge in [0, 0.05) is 45.2 Å². The number of methoxy groups -OCH3 is 1. The SMILES string of the molecule is COCC(C)NC(=NCC1CCOC1)NCCc1ccco1.I. The van der Waals surface area contributed by atoms with E-state index in [1.807, 2.05) is 12.1 Å². The Morgan fingerprint density at radius 3 is 3.04 bits per heavy atom. The summed E-state index contributed by atoms with van der Waals surface area (Å²) in [6.45, 7) is 5.96. The Labute approximate surface area is 155 Å². The Balaban J connectivity index is 0.00000264. The highest BCUT2D eigenvalue weighted by Crippen LogP contribution is 2.12. The fourth-order valence-corrected chi connectivity index (χ4v) is 2.38. The molecule has 2 unspecified atom stereocenters. The average molecular weight is 437 g/mol. The van der Waals surface area contributed by atoms with Gasteiger partial charge in [-0.05, 0) is 25.5 Å². The van der Waals surface area contributed by atoms with Crippen molar-refractivity contribution in [1.82, 2.24) is 10.6 Å². The Morgan fingerprint density at radius 2 is 2.39 bits per heavy atom. The summed E-state index contributed by atoms with van der Waals surface area (Å²) < 4.78 is 15.9. The Bertz CT molecular complexity index is 434. The molecule has 2 heterocycles. The molecule has 132 valence electrons. The first-order valence-electron chi connectivity index (χ1n) is 7.92. The molecule has 1 aromatic rings. The van der Waals surface area contributed by atoms with E-state index in [1.54, 1.807) is 13.4 Å². The summed E-state index contributed by atoms with van der Waals surface area (Å²) in [6.07, 6.45) is 3.62. The number of aliphatic imine (C=N–C) groups is 1. The van der Waals surface area contributed by atoms with E-state index in [0.717, 1.165) is 50.9 Å². The van der Waals surface area contributed by atoms with Gasteiger partial charge in [-0.2, -0.15) is 0 Å². The Kier molecular flexibility index (Phi) is 10.3. The summed E-state index contributed by atoms with van der Waals surface area (Å²) in [5.74, 6) is 2.32. The number of furan rings is 1. The quantitative estimate of drug-likeness (QED) is 0.370. The molecule has 1 aliphatic heterocycles. The van der Waals surface area contributed by atoms with Crippen LogP contribution >= 0.6 is 24.0 Å². The number of nitrogens with zero attached hydrogens (tertiary/aromatic N) is 1. The molecular formula is C16H28IN3O3. The Morgan fingerprint density at radius 1 is 1.52 bits per heavy atom. The third kappa shape index (κ3) is 8.03. The summed E-state index contributed by atoms with van der Waals surface area (Å²) in [5.41, 5.74) is 0. The summed E-state index contributed by atoms with van der Waals surface area (Å²) >= 11 is 0. The molecule has 2 N–H and O–H groups in total. The lowest BCUT2D eigenvalue weighted by molar-refractivity contribution is 0.178. The number of halogens is 1. The molecule has 1 fully saturated rings. The van der Waals surface area contributed by atoms with Crippen molar-refractivity contribution in [3.8, 4) is 0 Å². The van der Waals surface area contributed by atoms with E-state index in [9.17, 15) is 0 Å². The van der Waals surface area contributed by atoms with Crippen molar-refractivity contribution in [2.75, 3.05) is 40.0 Å². The normalized spacial score (nSPS) is 19.2. The number of nitrogens with one attached hydrogen (secondary N) is 2. The van der Waals surface area contributed by atoms with Crippen molar-refractivity contribution >= 4 is 29.9 Å². The van der Waals surface area contributed by atoms with Crippen molar-refractivity contribution in [3.05, 3.63) is 24.2 Å². The minimum Gasteiger partial charge on any atom is -0.469 e. The first kappa shape index (κ1) is 20.2. The van der Waals surface area contributed by atoms with Crippen LogP contribution in [0.5, 0.6) is 0 Å². The van der Waals surface area contributed by atoms with Crippen molar-refractivity contribution < 1.29 is 13.9 Å². The van der Waals surface area contributed by atoms with E-state index in [1.165, 1.54) is 0 Å². The maximum atomic E-state index is 5.40. The van der Waals surface area contributed by atoms with E-state index in [4.69, 9.17) is 13.9 Å². The number of ether oxygens (including phenoxy) is 2. The lowest BCUT2D eigenvalue weighted by Gasteiger charge is -2.18. The van der Waals surface area contributed by atoms with Crippen LogP contribution in [0.2, 0.25) is 0 Å². The predicted octanol–water partition coefficient (Wildman–Crippen LogP) is 2.05. The molecule has 23 heavy (non-hydrogen) atoms. The molecule has 2 rings (SSSR count). The molecule has 1 saturated heterocycles. The maximum absolute atomic E-state index is 5.40. The molecule has 0 amide bonds. The van der Waals surface area contributed by atoms with Gasteiger partial charge in [-0.3, -0.25) is 4.99 Å². The van der Waals surface area contributed by atoms with E-state index in [0.29, 0.717) is 12.5 Å². The minimum absolute atomic E-state index is 0. The van der Waals surface area contributed by atoms with Crippen LogP contribution in [0.4, 0.5) is 0 Å². The maximum Gasteiger partial charge on any atom is 0.191 e. The molecule has 0 saturated carbocycles. The highest BCUT2D eigenvalue weighted by Gasteiger charge is 2.15. The summed E-state index contributed by atoms with van der Waals surface area (Å²) in [6, 6.07) is 4.10. The van der Waals surface area contributed by atoms with Crippen LogP contribution in [-0.2, 0) is 15.9 Å². The van der Waals surface area contributed by atoms with Gasteiger partial charge in [-0.1, -0.05) is 0 Å². The number of guanidine groups is 1. The molecule has 1 aromatic heterocycles. The summed E-state index contributed by atoms with van der Waals surface area (Å²) in [5, 5.41) is 6.72. The molecule has 0 radical (unpaired) electrons. The van der Waals surface area contributed by atoms with Crippen molar-refractivity contribution in [3.63, 3.8) is 0 Å². The molecule has 0 bridgehead atoms. The fraction of sp³-hybridized carbons (Fsp3) is 0.688. The predicted molar refractivity (Wildman–Crippen MR) is 102 cm³/mol. The van der Waals surface area contributed by atoms with Crippen LogP contribution < -0.4 is 10.6 Å². The van der Waals surface area contributed by atoms with Gasteiger partial charge in [0.2, 0.25) is 0 Å². The first-order valence-corrected chi connectivity index (χ1v) is 7.92. The smallest absolute Gasteiger partial charge is 0.191 e. The molecule has 0 spiro atoms. The van der Waals surface area contributed by atoms with E-state index < -0.39 is 0 Å². The standard InChI is InChI=1S/C16H27N3O3.HI/c1-13(11-20-2)19-16(18-10-14-6-9-21-12-14)17-7-5-15-4-3-8-22-15;/h3-4,8,13-14H,5-7,9-12H2,1-2H3,(H2,17,18,19);1H. The van der Waals surface area contributed by atoms with Gasteiger partial charge >= 0.3 is 0 Å². The zero-order valence-corrected chi connectivity index (χ0v) is 16.2. The van der Waals surface area contributed by atoms with Crippen LogP contribution in [0.3, 0.4) is 0 Å². The highest BCUT2D eigenvalue weighted by molar-refractivity contribution is 14.0. The summed E-state index contributed by atoms with van der Waals surface area (Å²) in [4.78, 5) is 4.68. The molecule has 2 atom stereocenters. The third-order valence-electron chi connectivity index (χ3n) is 3.58. The highest BCUT2D eigenvalue weighted by atomic mass is 127. The van der Waals surface area contributed by atoms with Gasteiger partial charge < -0.3 is 24.5 Å². The van der Waals surface area contributed by atoms with Crippen LogP contribution in [0.1, 0.15) is 19.1 Å². The van der Waals surface area contributed by atoms with Gasteiger partial charge in [0.25, 0.3) is 0 Å². The number of hydrogen-bond donors (Lipinski definition) is 2. The van der Waals surface area contributed by atoms with Crippen molar-refractivity contribution in [2.24, 2.45) is 10.9 Å². The molecule has 6 nitrogen and oxygen atoms in total. The van der Waals surface area contributed by atoms with Crippen LogP contribution in [0.15, 0.2) is 27.8 Å². The molecule has 1 aliphatic rings. The fourth-order valence-electron chi connectivity index (χ4n) is 2.38. The van der Waals surface area contributed by atoms with E-state index >= 15 is 0 Å². The van der Waals surface area contributed by atoms with Gasteiger partial charge in [0.15, 0.2) is 5.96 Å². The third-order valence-corrected chi connectivity index (χ3v) is 3.58. The average Bonchev–Trinajstić information content (AvgIpc) is 3.18. The zero-order chi connectivity index (χ0) is 15.6. The lowest BCUT2D eigenvalue weighted by atomic mass is 10.1. The van der Waals surface area contributed by atoms with Crippen molar-refractivity contribution in [1.29, 1.82) is 0 Å². The van der Waals surface area contributed by atoms with Crippen molar-refractivity contribution in [2.45, 2.75) is 25.8 Å². The van der Waals surface area contributed by atoms with Gasteiger partial charge in [0.05, 0.1) is 19.5 Å². The second kappa shape index (κ2) is 11.7. The second-order valence-electron chi connectivity index (χ2n) is 5.68. The van der Waals surface area contributed by atoms with Crippen LogP contribution in [0.25, 0.3) is 0 Å². The topological polar surface area (TPSA) is 68.0 Å². The van der Waals surface area contributed by atoms with Gasteiger partial charge in [-0.25, -0.2) is 0 Å². The molecule has 0 aromatic carbocycles.